The van der Waals surface area contributed by atoms with E-state index < -0.39 is 11.9 Å². The van der Waals surface area contributed by atoms with Gasteiger partial charge < -0.3 is 9.47 Å². The maximum Gasteiger partial charge on any atom is 0.342 e. The number of nitrogens with zero attached hydrogens (tertiary/aromatic N) is 2. The lowest BCUT2D eigenvalue weighted by atomic mass is 10.2. The summed E-state index contributed by atoms with van der Waals surface area (Å²) in [6.45, 7) is 1.99. The van der Waals surface area contributed by atoms with E-state index in [1.54, 1.807) is 19.2 Å². The molecule has 2 heterocycles. The van der Waals surface area contributed by atoms with E-state index >= 15 is 0 Å². The number of methoxy groups -OCH3 is 1. The zero-order chi connectivity index (χ0) is 14.0. The first kappa shape index (κ1) is 13.5. The van der Waals surface area contributed by atoms with Crippen LogP contribution in [0, 0.1) is 0 Å². The number of hydrogen-bond donors (Lipinski definition) is 0. The van der Waals surface area contributed by atoms with Crippen LogP contribution in [0.3, 0.4) is 0 Å². The number of hydrogen-bond acceptors (Lipinski definition) is 5. The lowest BCUT2D eigenvalue weighted by Gasteiger charge is -2.06. The van der Waals surface area contributed by atoms with E-state index in [1.807, 2.05) is 0 Å². The molecule has 2 rings (SSSR count). The average molecular weight is 327 g/mol. The molecule has 0 spiro atoms. The summed E-state index contributed by atoms with van der Waals surface area (Å²) in [6, 6.07) is 1.56. The Hall–Kier alpha value is -1.89. The van der Waals surface area contributed by atoms with E-state index in [-0.39, 0.29) is 6.61 Å². The highest BCUT2D eigenvalue weighted by atomic mass is 79.9. The number of aromatic nitrogens is 2. The highest BCUT2D eigenvalue weighted by Gasteiger charge is 2.20. The van der Waals surface area contributed by atoms with Gasteiger partial charge in [-0.05, 0) is 28.9 Å². The number of pyridine rings is 1. The molecule has 0 saturated carbocycles. The molecule has 0 radical (unpaired) electrons. The van der Waals surface area contributed by atoms with Crippen molar-refractivity contribution in [2.45, 2.75) is 6.92 Å². The second-order valence-corrected chi connectivity index (χ2v) is 4.40. The molecule has 0 saturated heterocycles. The van der Waals surface area contributed by atoms with Crippen molar-refractivity contribution in [2.24, 2.45) is 0 Å². The highest BCUT2D eigenvalue weighted by molar-refractivity contribution is 9.10. The molecule has 0 aliphatic heterocycles. The topological polar surface area (TPSA) is 69.9 Å². The molecule has 7 heteroatoms. The first-order valence-electron chi connectivity index (χ1n) is 5.51. The van der Waals surface area contributed by atoms with Crippen molar-refractivity contribution in [3.05, 3.63) is 34.1 Å². The summed E-state index contributed by atoms with van der Waals surface area (Å²) in [4.78, 5) is 23.4. The Morgan fingerprint density at radius 2 is 2.11 bits per heavy atom. The van der Waals surface area contributed by atoms with Crippen LogP contribution in [0.25, 0.3) is 5.52 Å². The summed E-state index contributed by atoms with van der Waals surface area (Å²) in [7, 11) is 1.29. The Morgan fingerprint density at radius 1 is 1.37 bits per heavy atom. The van der Waals surface area contributed by atoms with Gasteiger partial charge >= 0.3 is 11.9 Å². The van der Waals surface area contributed by atoms with Crippen LogP contribution in [0.4, 0.5) is 0 Å². The molecule has 2 aromatic rings. The molecule has 19 heavy (non-hydrogen) atoms. The van der Waals surface area contributed by atoms with Gasteiger partial charge in [-0.25, -0.2) is 14.1 Å². The summed E-state index contributed by atoms with van der Waals surface area (Å²) in [6.07, 6.45) is 2.98. The minimum absolute atomic E-state index is 0.268. The van der Waals surface area contributed by atoms with Crippen LogP contribution in [0.2, 0.25) is 0 Å². The minimum Gasteiger partial charge on any atom is -0.465 e. The normalized spacial score (nSPS) is 10.5. The monoisotopic (exact) mass is 326 g/mol. The van der Waals surface area contributed by atoms with Gasteiger partial charge in [0, 0.05) is 6.20 Å². The van der Waals surface area contributed by atoms with Gasteiger partial charge in [0.25, 0.3) is 0 Å². The van der Waals surface area contributed by atoms with Gasteiger partial charge in [-0.1, -0.05) is 0 Å². The van der Waals surface area contributed by atoms with Crippen LogP contribution in [-0.4, -0.2) is 35.3 Å². The molecular weight excluding hydrogens is 316 g/mol. The third kappa shape index (κ3) is 2.33. The smallest absolute Gasteiger partial charge is 0.342 e. The third-order valence-corrected chi connectivity index (χ3v) is 3.33. The molecule has 0 aliphatic rings. The molecule has 0 aliphatic carbocycles. The van der Waals surface area contributed by atoms with Crippen molar-refractivity contribution >= 4 is 33.4 Å². The van der Waals surface area contributed by atoms with E-state index in [2.05, 4.69) is 25.8 Å². The standard InChI is InChI=1S/C12H11BrN2O4/c1-3-19-12(17)8-6-14-15-5-4-7(11(16)18-2)9(13)10(8)15/h4-6H,3H2,1-2H3. The number of rotatable bonds is 3. The predicted molar refractivity (Wildman–Crippen MR) is 70.2 cm³/mol. The van der Waals surface area contributed by atoms with Gasteiger partial charge in [-0.3, -0.25) is 0 Å². The average Bonchev–Trinajstić information content (AvgIpc) is 2.83. The molecule has 0 aromatic carbocycles. The predicted octanol–water partition coefficient (Wildman–Crippen LogP) is 2.06. The Morgan fingerprint density at radius 3 is 2.74 bits per heavy atom. The molecule has 100 valence electrons. The van der Waals surface area contributed by atoms with E-state index in [0.29, 0.717) is 21.1 Å². The van der Waals surface area contributed by atoms with Crippen LogP contribution >= 0.6 is 15.9 Å². The van der Waals surface area contributed by atoms with Crippen LogP contribution in [0.15, 0.2) is 22.9 Å². The van der Waals surface area contributed by atoms with Crippen molar-refractivity contribution in [2.75, 3.05) is 13.7 Å². The van der Waals surface area contributed by atoms with E-state index in [4.69, 9.17) is 4.74 Å². The molecule has 0 atom stereocenters. The van der Waals surface area contributed by atoms with E-state index in [9.17, 15) is 9.59 Å². The number of carbonyl (C=O) groups is 2. The Kier molecular flexibility index (Phi) is 3.84. The van der Waals surface area contributed by atoms with Gasteiger partial charge in [0.1, 0.15) is 5.56 Å². The molecule has 0 fully saturated rings. The lowest BCUT2D eigenvalue weighted by Crippen LogP contribution is -2.07. The van der Waals surface area contributed by atoms with Gasteiger partial charge in [0.15, 0.2) is 0 Å². The quantitative estimate of drug-likeness (QED) is 0.807. The molecule has 2 aromatic heterocycles. The molecule has 0 unspecified atom stereocenters. The fraction of sp³-hybridized carbons (Fsp3) is 0.250. The summed E-state index contributed by atoms with van der Waals surface area (Å²) >= 11 is 3.30. The maximum absolute atomic E-state index is 11.8. The summed E-state index contributed by atoms with van der Waals surface area (Å²) in [5, 5.41) is 4.04. The summed E-state index contributed by atoms with van der Waals surface area (Å²) in [5.74, 6) is -0.981. The summed E-state index contributed by atoms with van der Waals surface area (Å²) < 4.78 is 11.6. The second-order valence-electron chi connectivity index (χ2n) is 3.61. The van der Waals surface area contributed by atoms with Crippen LogP contribution in [0.5, 0.6) is 0 Å². The van der Waals surface area contributed by atoms with E-state index in [0.717, 1.165) is 0 Å². The Labute approximate surface area is 117 Å². The Bertz CT molecular complexity index is 650. The number of carbonyl (C=O) groups excluding carboxylic acids is 2. The highest BCUT2D eigenvalue weighted by Crippen LogP contribution is 2.26. The zero-order valence-corrected chi connectivity index (χ0v) is 11.9. The number of halogens is 1. The number of esters is 2. The molecule has 0 N–H and O–H groups in total. The largest absolute Gasteiger partial charge is 0.465 e. The van der Waals surface area contributed by atoms with Crippen molar-refractivity contribution in [1.29, 1.82) is 0 Å². The first-order chi connectivity index (χ1) is 9.10. The van der Waals surface area contributed by atoms with Crippen molar-refractivity contribution in [3.8, 4) is 0 Å². The molecule has 6 nitrogen and oxygen atoms in total. The Balaban J connectivity index is 2.62. The lowest BCUT2D eigenvalue weighted by molar-refractivity contribution is 0.0526. The zero-order valence-electron chi connectivity index (χ0n) is 10.3. The number of fused-ring (bicyclic) bond motifs is 1. The first-order valence-corrected chi connectivity index (χ1v) is 6.30. The second kappa shape index (κ2) is 5.40. The molecular formula is C12H11BrN2O4. The van der Waals surface area contributed by atoms with Crippen LogP contribution < -0.4 is 0 Å². The fourth-order valence-corrected chi connectivity index (χ4v) is 2.36. The van der Waals surface area contributed by atoms with Gasteiger partial charge in [-0.15, -0.1) is 0 Å². The van der Waals surface area contributed by atoms with Gasteiger partial charge in [-0.2, -0.15) is 5.10 Å². The van der Waals surface area contributed by atoms with Crippen LogP contribution in [0.1, 0.15) is 27.6 Å². The summed E-state index contributed by atoms with van der Waals surface area (Å²) in [5.41, 5.74) is 1.09. The molecule has 0 bridgehead atoms. The van der Waals surface area contributed by atoms with Crippen molar-refractivity contribution in [1.82, 2.24) is 9.61 Å². The van der Waals surface area contributed by atoms with Crippen LogP contribution in [-0.2, 0) is 9.47 Å². The SMILES string of the molecule is CCOC(=O)c1cnn2ccc(C(=O)OC)c(Br)c12. The third-order valence-electron chi connectivity index (χ3n) is 2.52. The van der Waals surface area contributed by atoms with Gasteiger partial charge in [0.05, 0.1) is 35.5 Å². The van der Waals surface area contributed by atoms with E-state index in [1.165, 1.54) is 17.8 Å². The van der Waals surface area contributed by atoms with Gasteiger partial charge in [0.2, 0.25) is 0 Å². The molecule has 0 amide bonds. The minimum atomic E-state index is -0.495. The maximum atomic E-state index is 11.8. The number of ether oxygens (including phenoxy) is 2. The van der Waals surface area contributed by atoms with Crippen molar-refractivity contribution in [3.63, 3.8) is 0 Å². The fourth-order valence-electron chi connectivity index (χ4n) is 1.67. The van der Waals surface area contributed by atoms with Crippen molar-refractivity contribution < 1.29 is 19.1 Å².